The Labute approximate surface area is 171 Å². The number of hydrogen-bond donors (Lipinski definition) is 1. The first-order chi connectivity index (χ1) is 13.6. The normalized spacial score (nSPS) is 17.9. The van der Waals surface area contributed by atoms with E-state index in [1.54, 1.807) is 16.2 Å². The monoisotopic (exact) mass is 399 g/mol. The van der Waals surface area contributed by atoms with E-state index < -0.39 is 0 Å². The van der Waals surface area contributed by atoms with E-state index in [0.717, 1.165) is 18.7 Å². The van der Waals surface area contributed by atoms with Gasteiger partial charge in [0.2, 0.25) is 11.8 Å². The Morgan fingerprint density at radius 3 is 2.64 bits per heavy atom. The summed E-state index contributed by atoms with van der Waals surface area (Å²) in [6.07, 6.45) is 0.299. The summed E-state index contributed by atoms with van der Waals surface area (Å²) in [5.41, 5.74) is 2.33. The van der Waals surface area contributed by atoms with Crippen LogP contribution in [-0.2, 0) is 16.1 Å². The molecule has 0 spiro atoms. The van der Waals surface area contributed by atoms with E-state index in [1.807, 2.05) is 30.3 Å². The molecule has 2 unspecified atom stereocenters. The number of hydrogen-bond acceptors (Lipinski definition) is 4. The van der Waals surface area contributed by atoms with E-state index in [4.69, 9.17) is 0 Å². The molecule has 2 heterocycles. The zero-order chi connectivity index (χ0) is 19.9. The third-order valence-electron chi connectivity index (χ3n) is 5.45. The molecule has 0 bridgehead atoms. The number of likely N-dealkylation sites (tertiary alicyclic amines) is 1. The highest BCUT2D eigenvalue weighted by molar-refractivity contribution is 7.07. The summed E-state index contributed by atoms with van der Waals surface area (Å²) in [5, 5.41) is 7.34. The lowest BCUT2D eigenvalue weighted by atomic mass is 10.1. The fourth-order valence-corrected chi connectivity index (χ4v) is 4.54. The molecule has 1 aliphatic rings. The topological polar surface area (TPSA) is 52.7 Å². The molecular weight excluding hydrogens is 370 g/mol. The average molecular weight is 400 g/mol. The molecule has 1 aromatic carbocycles. The highest BCUT2D eigenvalue weighted by Crippen LogP contribution is 2.24. The van der Waals surface area contributed by atoms with E-state index in [2.05, 4.69) is 40.9 Å². The second kappa shape index (κ2) is 9.85. The van der Waals surface area contributed by atoms with Gasteiger partial charge >= 0.3 is 0 Å². The number of amides is 2. The quantitative estimate of drug-likeness (QED) is 0.704. The third kappa shape index (κ3) is 5.00. The van der Waals surface area contributed by atoms with Gasteiger partial charge in [-0.25, -0.2) is 0 Å². The first-order valence-electron chi connectivity index (χ1n) is 9.97. The van der Waals surface area contributed by atoms with Gasteiger partial charge in [-0.05, 0) is 41.0 Å². The van der Waals surface area contributed by atoms with Gasteiger partial charge in [0.1, 0.15) is 0 Å². The maximum atomic E-state index is 12.8. The van der Waals surface area contributed by atoms with Crippen molar-refractivity contribution in [2.45, 2.75) is 32.9 Å². The van der Waals surface area contributed by atoms with Crippen molar-refractivity contribution in [2.24, 2.45) is 5.92 Å². The SMILES string of the molecule is CCN(CC)C(CNC(=O)C1CC(=O)N(Cc2ccccc2)C1)c1ccsc1. The van der Waals surface area contributed by atoms with E-state index in [-0.39, 0.29) is 23.8 Å². The smallest absolute Gasteiger partial charge is 0.225 e. The number of nitrogens with one attached hydrogen (secondary N) is 1. The summed E-state index contributed by atoms with van der Waals surface area (Å²) in [7, 11) is 0. The summed E-state index contributed by atoms with van der Waals surface area (Å²) in [6.45, 7) is 7.78. The van der Waals surface area contributed by atoms with Gasteiger partial charge in [0.25, 0.3) is 0 Å². The van der Waals surface area contributed by atoms with Crippen LogP contribution in [0.25, 0.3) is 0 Å². The van der Waals surface area contributed by atoms with Crippen LogP contribution >= 0.6 is 11.3 Å². The highest BCUT2D eigenvalue weighted by atomic mass is 32.1. The molecule has 1 aromatic heterocycles. The molecule has 2 amide bonds. The van der Waals surface area contributed by atoms with Crippen LogP contribution in [0.2, 0.25) is 0 Å². The predicted octanol–water partition coefficient (Wildman–Crippen LogP) is 3.30. The van der Waals surface area contributed by atoms with E-state index in [0.29, 0.717) is 26.1 Å². The molecule has 1 fully saturated rings. The van der Waals surface area contributed by atoms with Gasteiger partial charge in [-0.1, -0.05) is 44.2 Å². The zero-order valence-corrected chi connectivity index (χ0v) is 17.5. The number of likely N-dealkylation sites (N-methyl/N-ethyl adjacent to an activating group) is 1. The Morgan fingerprint density at radius 2 is 2.00 bits per heavy atom. The Bertz CT molecular complexity index is 759. The largest absolute Gasteiger partial charge is 0.354 e. The first-order valence-corrected chi connectivity index (χ1v) is 10.9. The molecule has 2 aromatic rings. The Morgan fingerprint density at radius 1 is 1.25 bits per heavy atom. The van der Waals surface area contributed by atoms with Gasteiger partial charge < -0.3 is 10.2 Å². The summed E-state index contributed by atoms with van der Waals surface area (Å²) in [4.78, 5) is 29.3. The maximum absolute atomic E-state index is 12.8. The molecule has 150 valence electrons. The Kier molecular flexibility index (Phi) is 7.23. The minimum Gasteiger partial charge on any atom is -0.354 e. The lowest BCUT2D eigenvalue weighted by molar-refractivity contribution is -0.129. The molecule has 1 saturated heterocycles. The van der Waals surface area contributed by atoms with Crippen LogP contribution in [0.1, 0.15) is 37.4 Å². The van der Waals surface area contributed by atoms with Crippen molar-refractivity contribution < 1.29 is 9.59 Å². The van der Waals surface area contributed by atoms with Crippen LogP contribution in [0.3, 0.4) is 0 Å². The second-order valence-electron chi connectivity index (χ2n) is 7.20. The fraction of sp³-hybridized carbons (Fsp3) is 0.455. The summed E-state index contributed by atoms with van der Waals surface area (Å²) >= 11 is 1.68. The zero-order valence-electron chi connectivity index (χ0n) is 16.6. The van der Waals surface area contributed by atoms with Crippen molar-refractivity contribution in [3.8, 4) is 0 Å². The Balaban J connectivity index is 1.57. The van der Waals surface area contributed by atoms with Crippen molar-refractivity contribution in [1.29, 1.82) is 0 Å². The Hall–Kier alpha value is -2.18. The number of benzene rings is 1. The number of rotatable bonds is 9. The second-order valence-corrected chi connectivity index (χ2v) is 7.98. The lowest BCUT2D eigenvalue weighted by Gasteiger charge is -2.29. The van der Waals surface area contributed by atoms with Gasteiger partial charge in [0.15, 0.2) is 0 Å². The fourth-order valence-electron chi connectivity index (χ4n) is 3.83. The molecule has 2 atom stereocenters. The number of carbonyl (C=O) groups excluding carboxylic acids is 2. The molecule has 1 N–H and O–H groups in total. The van der Waals surface area contributed by atoms with Gasteiger partial charge in [-0.15, -0.1) is 0 Å². The molecule has 1 aliphatic heterocycles. The molecule has 0 saturated carbocycles. The van der Waals surface area contributed by atoms with Crippen LogP contribution in [0, 0.1) is 5.92 Å². The van der Waals surface area contributed by atoms with Crippen molar-refractivity contribution in [3.63, 3.8) is 0 Å². The number of nitrogens with zero attached hydrogens (tertiary/aromatic N) is 2. The third-order valence-corrected chi connectivity index (χ3v) is 6.15. The molecule has 0 radical (unpaired) electrons. The molecule has 28 heavy (non-hydrogen) atoms. The van der Waals surface area contributed by atoms with Crippen LogP contribution < -0.4 is 5.32 Å². The van der Waals surface area contributed by atoms with Crippen molar-refractivity contribution >= 4 is 23.2 Å². The van der Waals surface area contributed by atoms with Crippen LogP contribution in [0.4, 0.5) is 0 Å². The number of thiophene rings is 1. The minimum absolute atomic E-state index is 0.0173. The predicted molar refractivity (Wildman–Crippen MR) is 113 cm³/mol. The van der Waals surface area contributed by atoms with Crippen LogP contribution in [0.5, 0.6) is 0 Å². The molecule has 0 aliphatic carbocycles. The summed E-state index contributed by atoms with van der Waals surface area (Å²) < 4.78 is 0. The van der Waals surface area contributed by atoms with Gasteiger partial charge in [-0.2, -0.15) is 11.3 Å². The highest BCUT2D eigenvalue weighted by Gasteiger charge is 2.34. The average Bonchev–Trinajstić information content (AvgIpc) is 3.36. The van der Waals surface area contributed by atoms with Crippen molar-refractivity contribution in [1.82, 2.24) is 15.1 Å². The standard InChI is InChI=1S/C22H29N3O2S/c1-3-24(4-2)20(18-10-11-28-16-18)13-23-22(27)19-12-21(26)25(15-19)14-17-8-6-5-7-9-17/h5-11,16,19-20H,3-4,12-15H2,1-2H3,(H,23,27). The maximum Gasteiger partial charge on any atom is 0.225 e. The van der Waals surface area contributed by atoms with Crippen LogP contribution in [0.15, 0.2) is 47.2 Å². The molecule has 6 heteroatoms. The summed E-state index contributed by atoms with van der Waals surface area (Å²) in [5.74, 6) is -0.227. The molecule has 5 nitrogen and oxygen atoms in total. The molecule has 3 rings (SSSR count). The van der Waals surface area contributed by atoms with Crippen molar-refractivity contribution in [3.05, 3.63) is 58.3 Å². The first kappa shape index (κ1) is 20.6. The van der Waals surface area contributed by atoms with Gasteiger partial charge in [0, 0.05) is 26.1 Å². The minimum atomic E-state index is -0.268. The lowest BCUT2D eigenvalue weighted by Crippen LogP contribution is -2.40. The van der Waals surface area contributed by atoms with E-state index >= 15 is 0 Å². The number of carbonyl (C=O) groups is 2. The van der Waals surface area contributed by atoms with Crippen LogP contribution in [-0.4, -0.2) is 47.8 Å². The summed E-state index contributed by atoms with van der Waals surface area (Å²) in [6, 6.07) is 12.2. The van der Waals surface area contributed by atoms with Gasteiger partial charge in [-0.3, -0.25) is 14.5 Å². The van der Waals surface area contributed by atoms with E-state index in [1.165, 1.54) is 5.56 Å². The van der Waals surface area contributed by atoms with Gasteiger partial charge in [0.05, 0.1) is 12.0 Å². The van der Waals surface area contributed by atoms with Crippen molar-refractivity contribution in [2.75, 3.05) is 26.2 Å². The molecular formula is C22H29N3O2S. The van der Waals surface area contributed by atoms with E-state index in [9.17, 15) is 9.59 Å².